The van der Waals surface area contributed by atoms with E-state index in [0.717, 1.165) is 43.5 Å². The summed E-state index contributed by atoms with van der Waals surface area (Å²) in [6.45, 7) is 8.41. The second-order valence-corrected chi connectivity index (χ2v) is 8.73. The van der Waals surface area contributed by atoms with E-state index in [1.54, 1.807) is 6.08 Å². The van der Waals surface area contributed by atoms with Crippen LogP contribution in [0.5, 0.6) is 0 Å². The SMILES string of the molecule is CCCC1=CC(=O)C(Cc2ccc(N(CC)CC)cc2)OC1=NC1CC1c1ccccc1. The summed E-state index contributed by atoms with van der Waals surface area (Å²) < 4.78 is 6.24. The molecule has 4 heteroatoms. The molecule has 0 spiro atoms. The Morgan fingerprint density at radius 1 is 1.00 bits per heavy atom. The van der Waals surface area contributed by atoms with E-state index in [1.807, 2.05) is 6.07 Å². The fourth-order valence-corrected chi connectivity index (χ4v) is 4.48. The number of ketones is 1. The first-order valence-corrected chi connectivity index (χ1v) is 12.0. The minimum atomic E-state index is -0.498. The first-order valence-electron chi connectivity index (χ1n) is 12.0. The molecule has 1 saturated carbocycles. The van der Waals surface area contributed by atoms with Crippen LogP contribution in [0.3, 0.4) is 0 Å². The molecule has 1 aliphatic heterocycles. The molecular formula is C28H34N2O2. The van der Waals surface area contributed by atoms with E-state index >= 15 is 0 Å². The van der Waals surface area contributed by atoms with Gasteiger partial charge in [0.2, 0.25) is 5.90 Å². The van der Waals surface area contributed by atoms with Gasteiger partial charge in [-0.15, -0.1) is 0 Å². The highest BCUT2D eigenvalue weighted by atomic mass is 16.5. The van der Waals surface area contributed by atoms with Gasteiger partial charge in [0.25, 0.3) is 0 Å². The summed E-state index contributed by atoms with van der Waals surface area (Å²) in [4.78, 5) is 20.1. The molecule has 4 nitrogen and oxygen atoms in total. The fraction of sp³-hybridized carbons (Fsp3) is 0.429. The van der Waals surface area contributed by atoms with E-state index in [4.69, 9.17) is 9.73 Å². The number of hydrogen-bond donors (Lipinski definition) is 0. The van der Waals surface area contributed by atoms with Crippen molar-refractivity contribution in [2.45, 2.75) is 64.5 Å². The van der Waals surface area contributed by atoms with Gasteiger partial charge in [-0.1, -0.05) is 55.8 Å². The van der Waals surface area contributed by atoms with Gasteiger partial charge in [-0.25, -0.2) is 4.99 Å². The number of rotatable bonds is 9. The van der Waals surface area contributed by atoms with Crippen molar-refractivity contribution in [3.8, 4) is 0 Å². The fourth-order valence-electron chi connectivity index (χ4n) is 4.48. The average molecular weight is 431 g/mol. The number of carbonyl (C=O) groups is 1. The molecular weight excluding hydrogens is 396 g/mol. The van der Waals surface area contributed by atoms with Gasteiger partial charge in [-0.3, -0.25) is 4.79 Å². The highest BCUT2D eigenvalue weighted by Gasteiger charge is 2.40. The molecule has 0 bridgehead atoms. The average Bonchev–Trinajstić information content (AvgIpc) is 3.58. The molecule has 32 heavy (non-hydrogen) atoms. The quantitative estimate of drug-likeness (QED) is 0.511. The molecule has 0 N–H and O–H groups in total. The zero-order valence-electron chi connectivity index (χ0n) is 19.5. The van der Waals surface area contributed by atoms with Crippen molar-refractivity contribution in [2.24, 2.45) is 4.99 Å². The van der Waals surface area contributed by atoms with E-state index in [1.165, 1.54) is 11.3 Å². The van der Waals surface area contributed by atoms with Crippen LogP contribution in [0.2, 0.25) is 0 Å². The lowest BCUT2D eigenvalue weighted by atomic mass is 9.98. The summed E-state index contributed by atoms with van der Waals surface area (Å²) in [6, 6.07) is 19.3. The second kappa shape index (κ2) is 10.2. The maximum absolute atomic E-state index is 12.8. The number of carbonyl (C=O) groups excluding carboxylic acids is 1. The minimum Gasteiger partial charge on any atom is -0.466 e. The molecule has 3 atom stereocenters. The molecule has 1 heterocycles. The van der Waals surface area contributed by atoms with Crippen molar-refractivity contribution in [1.82, 2.24) is 0 Å². The number of hydrogen-bond acceptors (Lipinski definition) is 4. The van der Waals surface area contributed by atoms with Crippen LogP contribution in [0.15, 0.2) is 71.2 Å². The number of nitrogens with zero attached hydrogens (tertiary/aromatic N) is 2. The maximum atomic E-state index is 12.8. The van der Waals surface area contributed by atoms with Crippen LogP contribution >= 0.6 is 0 Å². The van der Waals surface area contributed by atoms with E-state index in [9.17, 15) is 4.79 Å². The molecule has 2 aromatic carbocycles. The Kier molecular flexibility index (Phi) is 7.09. The molecule has 0 saturated heterocycles. The Morgan fingerprint density at radius 3 is 2.38 bits per heavy atom. The van der Waals surface area contributed by atoms with Crippen molar-refractivity contribution < 1.29 is 9.53 Å². The summed E-state index contributed by atoms with van der Waals surface area (Å²) in [5.41, 5.74) is 4.60. The minimum absolute atomic E-state index is 0.0515. The van der Waals surface area contributed by atoms with Crippen LogP contribution in [-0.2, 0) is 16.0 Å². The van der Waals surface area contributed by atoms with Crippen LogP contribution in [0.25, 0.3) is 0 Å². The normalized spacial score (nSPS) is 23.6. The van der Waals surface area contributed by atoms with Crippen molar-refractivity contribution in [2.75, 3.05) is 18.0 Å². The third-order valence-corrected chi connectivity index (χ3v) is 6.44. The predicted molar refractivity (Wildman–Crippen MR) is 132 cm³/mol. The molecule has 2 aliphatic rings. The Labute approximate surface area is 192 Å². The molecule has 1 fully saturated rings. The number of ether oxygens (including phenoxy) is 1. The summed E-state index contributed by atoms with van der Waals surface area (Å²) >= 11 is 0. The van der Waals surface area contributed by atoms with Gasteiger partial charge in [0.15, 0.2) is 11.9 Å². The Balaban J connectivity index is 1.48. The maximum Gasteiger partial charge on any atom is 0.213 e. The Morgan fingerprint density at radius 2 is 1.72 bits per heavy atom. The largest absolute Gasteiger partial charge is 0.466 e. The van der Waals surface area contributed by atoms with Gasteiger partial charge in [-0.05, 0) is 56.0 Å². The first-order chi connectivity index (χ1) is 15.6. The van der Waals surface area contributed by atoms with E-state index in [0.29, 0.717) is 18.2 Å². The van der Waals surface area contributed by atoms with Crippen LogP contribution in [0.4, 0.5) is 5.69 Å². The topological polar surface area (TPSA) is 41.9 Å². The van der Waals surface area contributed by atoms with Crippen molar-refractivity contribution in [1.29, 1.82) is 0 Å². The van der Waals surface area contributed by atoms with E-state index < -0.39 is 6.10 Å². The van der Waals surface area contributed by atoms with Crippen LogP contribution < -0.4 is 4.90 Å². The van der Waals surface area contributed by atoms with Crippen molar-refractivity contribution in [3.63, 3.8) is 0 Å². The van der Waals surface area contributed by atoms with Crippen molar-refractivity contribution >= 4 is 17.4 Å². The van der Waals surface area contributed by atoms with Crippen LogP contribution in [0, 0.1) is 0 Å². The third kappa shape index (κ3) is 5.12. The van der Waals surface area contributed by atoms with Gasteiger partial charge in [-0.2, -0.15) is 0 Å². The predicted octanol–water partition coefficient (Wildman–Crippen LogP) is 5.72. The third-order valence-electron chi connectivity index (χ3n) is 6.44. The Bertz CT molecular complexity index is 974. The standard InChI is InChI=1S/C28H34N2O2/c1-4-10-22-18-26(31)27(17-20-13-15-23(16-14-20)30(5-2)6-3)32-28(22)29-25-19-24(25)21-11-8-7-9-12-21/h7-9,11-16,18,24-25,27H,4-6,10,17,19H2,1-3H3. The molecule has 0 aromatic heterocycles. The summed E-state index contributed by atoms with van der Waals surface area (Å²) in [5.74, 6) is 1.19. The smallest absolute Gasteiger partial charge is 0.213 e. The molecule has 0 radical (unpaired) electrons. The zero-order chi connectivity index (χ0) is 22.5. The molecule has 4 rings (SSSR count). The van der Waals surface area contributed by atoms with E-state index in [-0.39, 0.29) is 11.8 Å². The molecule has 0 amide bonds. The lowest BCUT2D eigenvalue weighted by molar-refractivity contribution is -0.122. The van der Waals surface area contributed by atoms with Gasteiger partial charge in [0, 0.05) is 36.7 Å². The summed E-state index contributed by atoms with van der Waals surface area (Å²) in [6.07, 6.45) is 4.67. The lowest BCUT2D eigenvalue weighted by Gasteiger charge is -2.25. The lowest BCUT2D eigenvalue weighted by Crippen LogP contribution is -2.34. The van der Waals surface area contributed by atoms with Crippen LogP contribution in [0.1, 0.15) is 57.1 Å². The number of benzene rings is 2. The summed E-state index contributed by atoms with van der Waals surface area (Å²) in [5, 5.41) is 0. The highest BCUT2D eigenvalue weighted by molar-refractivity contribution is 6.08. The van der Waals surface area contributed by atoms with Gasteiger partial charge in [0.1, 0.15) is 0 Å². The van der Waals surface area contributed by atoms with E-state index in [2.05, 4.69) is 74.2 Å². The van der Waals surface area contributed by atoms with Crippen LogP contribution in [-0.4, -0.2) is 36.9 Å². The zero-order valence-corrected chi connectivity index (χ0v) is 19.5. The van der Waals surface area contributed by atoms with Gasteiger partial charge >= 0.3 is 0 Å². The molecule has 2 aromatic rings. The Hall–Kier alpha value is -2.88. The summed E-state index contributed by atoms with van der Waals surface area (Å²) in [7, 11) is 0. The second-order valence-electron chi connectivity index (χ2n) is 8.73. The van der Waals surface area contributed by atoms with Gasteiger partial charge < -0.3 is 9.64 Å². The molecule has 168 valence electrons. The molecule has 1 aliphatic carbocycles. The number of anilines is 1. The molecule has 3 unspecified atom stereocenters. The first kappa shape index (κ1) is 22.3. The number of aliphatic imine (C=N–C) groups is 1. The van der Waals surface area contributed by atoms with Gasteiger partial charge in [0.05, 0.1) is 6.04 Å². The highest BCUT2D eigenvalue weighted by Crippen LogP contribution is 2.44. The monoisotopic (exact) mass is 430 g/mol. The van der Waals surface area contributed by atoms with Crippen molar-refractivity contribution in [3.05, 3.63) is 77.4 Å².